The first kappa shape index (κ1) is 11.9. The van der Waals surface area contributed by atoms with Crippen LogP contribution in [0.1, 0.15) is 16.3 Å². The number of hydrogen-bond acceptors (Lipinski definition) is 2. The van der Waals surface area contributed by atoms with Crippen molar-refractivity contribution in [1.29, 1.82) is 0 Å². The maximum Gasteiger partial charge on any atom is 0.371 e. The molecule has 0 fully saturated rings. The molecule has 0 aliphatic heterocycles. The van der Waals surface area contributed by atoms with E-state index in [-0.39, 0.29) is 5.76 Å². The standard InChI is InChI=1S/C14H10ClNO3/c15-11-3-1-2-9-6-7-16(13(9)11)8-10-4-5-12(19-10)14(17)18/h1-7H,8H2,(H,17,18). The molecule has 1 aromatic carbocycles. The van der Waals surface area contributed by atoms with E-state index >= 15 is 0 Å². The molecule has 96 valence electrons. The first-order valence-corrected chi connectivity index (χ1v) is 6.08. The number of furan rings is 1. The van der Waals surface area contributed by atoms with Gasteiger partial charge in [-0.05, 0) is 24.3 Å². The maximum absolute atomic E-state index is 10.8. The Bertz CT molecular complexity index is 757. The van der Waals surface area contributed by atoms with Crippen LogP contribution in [0.2, 0.25) is 5.02 Å². The van der Waals surface area contributed by atoms with Crippen molar-refractivity contribution in [2.45, 2.75) is 6.54 Å². The molecule has 0 saturated carbocycles. The highest BCUT2D eigenvalue weighted by atomic mass is 35.5. The molecule has 0 spiro atoms. The van der Waals surface area contributed by atoms with Gasteiger partial charge in [-0.15, -0.1) is 0 Å². The number of carbonyl (C=O) groups is 1. The van der Waals surface area contributed by atoms with E-state index in [0.29, 0.717) is 17.3 Å². The Morgan fingerprint density at radius 1 is 1.26 bits per heavy atom. The van der Waals surface area contributed by atoms with Crippen molar-refractivity contribution >= 4 is 28.5 Å². The molecule has 1 N–H and O–H groups in total. The van der Waals surface area contributed by atoms with Gasteiger partial charge in [0, 0.05) is 11.6 Å². The van der Waals surface area contributed by atoms with Crippen molar-refractivity contribution in [3.8, 4) is 0 Å². The van der Waals surface area contributed by atoms with Gasteiger partial charge in [0.05, 0.1) is 17.1 Å². The number of benzene rings is 1. The van der Waals surface area contributed by atoms with E-state index in [1.54, 1.807) is 6.07 Å². The van der Waals surface area contributed by atoms with E-state index < -0.39 is 5.97 Å². The molecule has 4 nitrogen and oxygen atoms in total. The lowest BCUT2D eigenvalue weighted by Crippen LogP contribution is -1.97. The van der Waals surface area contributed by atoms with Crippen LogP contribution in [0.4, 0.5) is 0 Å². The number of fused-ring (bicyclic) bond motifs is 1. The second-order valence-electron chi connectivity index (χ2n) is 4.19. The summed E-state index contributed by atoms with van der Waals surface area (Å²) in [7, 11) is 0. The van der Waals surface area contributed by atoms with Gasteiger partial charge in [-0.3, -0.25) is 0 Å². The average molecular weight is 276 g/mol. The molecule has 0 saturated heterocycles. The smallest absolute Gasteiger partial charge is 0.371 e. The summed E-state index contributed by atoms with van der Waals surface area (Å²) < 4.78 is 7.18. The minimum atomic E-state index is -1.07. The summed E-state index contributed by atoms with van der Waals surface area (Å²) in [6.07, 6.45) is 1.90. The average Bonchev–Trinajstić information content (AvgIpc) is 2.98. The number of para-hydroxylation sites is 1. The molecule has 0 radical (unpaired) electrons. The number of halogens is 1. The highest BCUT2D eigenvalue weighted by Gasteiger charge is 2.11. The van der Waals surface area contributed by atoms with E-state index in [0.717, 1.165) is 10.9 Å². The van der Waals surface area contributed by atoms with Crippen LogP contribution in [0, 0.1) is 0 Å². The van der Waals surface area contributed by atoms with Crippen LogP contribution in [0.5, 0.6) is 0 Å². The minimum Gasteiger partial charge on any atom is -0.475 e. The van der Waals surface area contributed by atoms with Crippen molar-refractivity contribution in [3.63, 3.8) is 0 Å². The number of aromatic carboxylic acids is 1. The predicted octanol–water partition coefficient (Wildman–Crippen LogP) is 3.63. The summed E-state index contributed by atoms with van der Waals surface area (Å²) in [5.41, 5.74) is 0.914. The zero-order valence-corrected chi connectivity index (χ0v) is 10.6. The Morgan fingerprint density at radius 2 is 2.11 bits per heavy atom. The first-order valence-electron chi connectivity index (χ1n) is 5.70. The van der Waals surface area contributed by atoms with Crippen LogP contribution >= 0.6 is 11.6 Å². The van der Waals surface area contributed by atoms with Gasteiger partial charge in [0.15, 0.2) is 0 Å². The number of nitrogens with zero attached hydrogens (tertiary/aromatic N) is 1. The number of hydrogen-bond donors (Lipinski definition) is 1. The minimum absolute atomic E-state index is 0.0578. The molecule has 3 rings (SSSR count). The van der Waals surface area contributed by atoms with Gasteiger partial charge < -0.3 is 14.1 Å². The molecular formula is C14H10ClNO3. The highest BCUT2D eigenvalue weighted by Crippen LogP contribution is 2.25. The van der Waals surface area contributed by atoms with Crippen LogP contribution in [0.3, 0.4) is 0 Å². The normalized spacial score (nSPS) is 11.0. The first-order chi connectivity index (χ1) is 9.15. The second kappa shape index (κ2) is 4.48. The van der Waals surface area contributed by atoms with Crippen LogP contribution in [-0.2, 0) is 6.54 Å². The van der Waals surface area contributed by atoms with Gasteiger partial charge in [-0.25, -0.2) is 4.79 Å². The van der Waals surface area contributed by atoms with Crippen molar-refractivity contribution in [2.24, 2.45) is 0 Å². The molecular weight excluding hydrogens is 266 g/mol. The molecule has 0 aliphatic rings. The third-order valence-electron chi connectivity index (χ3n) is 2.94. The van der Waals surface area contributed by atoms with Crippen LogP contribution in [0.25, 0.3) is 10.9 Å². The summed E-state index contributed by atoms with van der Waals surface area (Å²) in [5, 5.41) is 10.5. The molecule has 19 heavy (non-hydrogen) atoms. The summed E-state index contributed by atoms with van der Waals surface area (Å²) in [6.45, 7) is 0.445. The van der Waals surface area contributed by atoms with E-state index in [9.17, 15) is 4.79 Å². The second-order valence-corrected chi connectivity index (χ2v) is 4.60. The number of carboxylic acid groups (broad SMARTS) is 1. The monoisotopic (exact) mass is 275 g/mol. The zero-order valence-electron chi connectivity index (χ0n) is 9.84. The molecule has 5 heteroatoms. The Hall–Kier alpha value is -2.20. The van der Waals surface area contributed by atoms with Crippen molar-refractivity contribution in [1.82, 2.24) is 4.57 Å². The fourth-order valence-electron chi connectivity index (χ4n) is 2.09. The quantitative estimate of drug-likeness (QED) is 0.794. The lowest BCUT2D eigenvalue weighted by atomic mass is 10.2. The summed E-state index contributed by atoms with van der Waals surface area (Å²) in [6, 6.07) is 10.8. The van der Waals surface area contributed by atoms with Gasteiger partial charge in [-0.2, -0.15) is 0 Å². The van der Waals surface area contributed by atoms with Gasteiger partial charge in [-0.1, -0.05) is 23.7 Å². The molecule has 0 bridgehead atoms. The van der Waals surface area contributed by atoms with Crippen molar-refractivity contribution < 1.29 is 14.3 Å². The lowest BCUT2D eigenvalue weighted by Gasteiger charge is -2.04. The van der Waals surface area contributed by atoms with Crippen LogP contribution in [0.15, 0.2) is 47.0 Å². The Morgan fingerprint density at radius 3 is 2.84 bits per heavy atom. The van der Waals surface area contributed by atoms with E-state index in [1.165, 1.54) is 6.07 Å². The van der Waals surface area contributed by atoms with Crippen molar-refractivity contribution in [3.05, 3.63) is 59.1 Å². The largest absolute Gasteiger partial charge is 0.475 e. The van der Waals surface area contributed by atoms with Crippen LogP contribution in [-0.4, -0.2) is 15.6 Å². The maximum atomic E-state index is 10.8. The van der Waals surface area contributed by atoms with Crippen LogP contribution < -0.4 is 0 Å². The van der Waals surface area contributed by atoms with Crippen molar-refractivity contribution in [2.75, 3.05) is 0 Å². The summed E-state index contributed by atoms with van der Waals surface area (Å²) >= 11 is 6.18. The number of aromatic nitrogens is 1. The summed E-state index contributed by atoms with van der Waals surface area (Å²) in [4.78, 5) is 10.8. The molecule has 2 heterocycles. The number of carboxylic acids is 1. The fourth-order valence-corrected chi connectivity index (χ4v) is 2.38. The van der Waals surface area contributed by atoms with E-state index in [2.05, 4.69) is 0 Å². The van der Waals surface area contributed by atoms with Gasteiger partial charge >= 0.3 is 5.97 Å². The zero-order chi connectivity index (χ0) is 13.4. The predicted molar refractivity (Wildman–Crippen MR) is 71.7 cm³/mol. The Balaban J connectivity index is 1.98. The van der Waals surface area contributed by atoms with Gasteiger partial charge in [0.25, 0.3) is 0 Å². The third kappa shape index (κ3) is 2.11. The van der Waals surface area contributed by atoms with Gasteiger partial charge in [0.2, 0.25) is 5.76 Å². The Kier molecular flexibility index (Phi) is 2.80. The topological polar surface area (TPSA) is 55.4 Å². The SMILES string of the molecule is O=C(O)c1ccc(Cn2ccc3cccc(Cl)c32)o1. The highest BCUT2D eigenvalue weighted by molar-refractivity contribution is 6.35. The molecule has 3 aromatic rings. The molecule has 0 amide bonds. The third-order valence-corrected chi connectivity index (χ3v) is 3.24. The molecule has 2 aromatic heterocycles. The Labute approximate surface area is 113 Å². The molecule has 0 unspecified atom stereocenters. The molecule has 0 atom stereocenters. The van der Waals surface area contributed by atoms with Gasteiger partial charge in [0.1, 0.15) is 5.76 Å². The van der Waals surface area contributed by atoms with E-state index in [1.807, 2.05) is 35.0 Å². The summed E-state index contributed by atoms with van der Waals surface area (Å²) in [5.74, 6) is -0.547. The molecule has 0 aliphatic carbocycles. The number of rotatable bonds is 3. The van der Waals surface area contributed by atoms with E-state index in [4.69, 9.17) is 21.1 Å². The lowest BCUT2D eigenvalue weighted by molar-refractivity contribution is 0.0660. The fraction of sp³-hybridized carbons (Fsp3) is 0.0714.